The summed E-state index contributed by atoms with van der Waals surface area (Å²) in [7, 11) is 0. The zero-order valence-corrected chi connectivity index (χ0v) is 8.98. The highest BCUT2D eigenvalue weighted by Crippen LogP contribution is 2.23. The van der Waals surface area contributed by atoms with Gasteiger partial charge in [-0.25, -0.2) is 4.98 Å². The molecule has 0 spiro atoms. The van der Waals surface area contributed by atoms with Gasteiger partial charge in [-0.05, 0) is 27.6 Å². The first-order valence-corrected chi connectivity index (χ1v) is 5.01. The molecule has 14 heavy (non-hydrogen) atoms. The molecule has 0 saturated carbocycles. The van der Waals surface area contributed by atoms with Gasteiger partial charge >= 0.3 is 0 Å². The van der Waals surface area contributed by atoms with Crippen molar-refractivity contribution in [2.45, 2.75) is 6.04 Å². The molecule has 0 aliphatic heterocycles. The molecule has 3 N–H and O–H groups in total. The predicted octanol–water partition coefficient (Wildman–Crippen LogP) is 1.09. The van der Waals surface area contributed by atoms with Crippen LogP contribution in [-0.2, 0) is 0 Å². The van der Waals surface area contributed by atoms with Crippen LogP contribution in [-0.4, -0.2) is 21.1 Å². The van der Waals surface area contributed by atoms with E-state index in [0.717, 1.165) is 15.7 Å². The van der Waals surface area contributed by atoms with Crippen molar-refractivity contribution >= 4 is 21.4 Å². The van der Waals surface area contributed by atoms with E-state index in [1.807, 2.05) is 22.7 Å². The van der Waals surface area contributed by atoms with E-state index >= 15 is 0 Å². The van der Waals surface area contributed by atoms with Crippen LogP contribution in [0.15, 0.2) is 29.3 Å². The molecule has 74 valence electrons. The first-order chi connectivity index (χ1) is 6.74. The normalized spacial score (nSPS) is 13.4. The highest BCUT2D eigenvalue weighted by atomic mass is 79.9. The number of imidazole rings is 1. The largest absolute Gasteiger partial charge is 0.394 e. The maximum atomic E-state index is 9.01. The Morgan fingerprint density at radius 1 is 1.64 bits per heavy atom. The third kappa shape index (κ3) is 1.43. The molecular formula is C9H10BrN3O. The van der Waals surface area contributed by atoms with Crippen molar-refractivity contribution in [3.63, 3.8) is 0 Å². The highest BCUT2D eigenvalue weighted by Gasteiger charge is 2.12. The van der Waals surface area contributed by atoms with Crippen molar-refractivity contribution in [3.05, 3.63) is 34.8 Å². The van der Waals surface area contributed by atoms with E-state index in [4.69, 9.17) is 10.8 Å². The van der Waals surface area contributed by atoms with Gasteiger partial charge in [-0.2, -0.15) is 0 Å². The number of aromatic nitrogens is 2. The summed E-state index contributed by atoms with van der Waals surface area (Å²) in [6.07, 6.45) is 3.59. The van der Waals surface area contributed by atoms with Gasteiger partial charge in [-0.15, -0.1) is 0 Å². The summed E-state index contributed by atoms with van der Waals surface area (Å²) in [6, 6.07) is 3.40. The monoisotopic (exact) mass is 255 g/mol. The van der Waals surface area contributed by atoms with E-state index in [2.05, 4.69) is 20.9 Å². The van der Waals surface area contributed by atoms with Gasteiger partial charge in [0, 0.05) is 6.20 Å². The molecule has 2 heterocycles. The SMILES string of the molecule is NC(CO)c1cccn2cnc(Br)c12. The number of rotatable bonds is 2. The van der Waals surface area contributed by atoms with Crippen molar-refractivity contribution < 1.29 is 5.11 Å². The zero-order valence-electron chi connectivity index (χ0n) is 7.39. The molecular weight excluding hydrogens is 246 g/mol. The lowest BCUT2D eigenvalue weighted by molar-refractivity contribution is 0.268. The Kier molecular flexibility index (Phi) is 2.54. The average molecular weight is 256 g/mol. The van der Waals surface area contributed by atoms with Crippen LogP contribution in [0, 0.1) is 0 Å². The lowest BCUT2D eigenvalue weighted by atomic mass is 10.1. The molecule has 0 bridgehead atoms. The standard InChI is InChI=1S/C9H10BrN3O/c10-9-8-6(7(11)4-14)2-1-3-13(8)5-12-9/h1-3,5,7,14H,4,11H2. The Hall–Kier alpha value is -0.910. The number of pyridine rings is 1. The molecule has 0 fully saturated rings. The molecule has 2 aromatic rings. The van der Waals surface area contributed by atoms with Gasteiger partial charge in [-0.1, -0.05) is 6.07 Å². The van der Waals surface area contributed by atoms with Gasteiger partial charge < -0.3 is 15.2 Å². The summed E-state index contributed by atoms with van der Waals surface area (Å²) in [5.41, 5.74) is 7.58. The summed E-state index contributed by atoms with van der Waals surface area (Å²) in [5.74, 6) is 0. The lowest BCUT2D eigenvalue weighted by Gasteiger charge is -2.10. The van der Waals surface area contributed by atoms with Gasteiger partial charge in [0.05, 0.1) is 18.2 Å². The number of aliphatic hydroxyl groups excluding tert-OH is 1. The molecule has 0 aliphatic carbocycles. The zero-order chi connectivity index (χ0) is 10.1. The van der Waals surface area contributed by atoms with Crippen molar-refractivity contribution in [3.8, 4) is 0 Å². The summed E-state index contributed by atoms with van der Waals surface area (Å²) in [5, 5.41) is 9.01. The summed E-state index contributed by atoms with van der Waals surface area (Å²) in [4.78, 5) is 4.12. The molecule has 0 aromatic carbocycles. The van der Waals surface area contributed by atoms with Crippen LogP contribution in [0.3, 0.4) is 0 Å². The Morgan fingerprint density at radius 2 is 2.43 bits per heavy atom. The van der Waals surface area contributed by atoms with Crippen LogP contribution < -0.4 is 5.73 Å². The van der Waals surface area contributed by atoms with Gasteiger partial charge in [0.1, 0.15) is 10.9 Å². The average Bonchev–Trinajstić information content (AvgIpc) is 2.59. The number of hydrogen-bond donors (Lipinski definition) is 2. The number of nitrogens with zero attached hydrogens (tertiary/aromatic N) is 2. The molecule has 2 aromatic heterocycles. The Bertz CT molecular complexity index is 454. The molecule has 5 heteroatoms. The second kappa shape index (κ2) is 3.68. The van der Waals surface area contributed by atoms with Crippen molar-refractivity contribution in [1.29, 1.82) is 0 Å². The fourth-order valence-corrected chi connectivity index (χ4v) is 1.96. The van der Waals surface area contributed by atoms with E-state index in [1.54, 1.807) is 6.33 Å². The van der Waals surface area contributed by atoms with Crippen molar-refractivity contribution in [2.75, 3.05) is 6.61 Å². The molecule has 1 atom stereocenters. The van der Waals surface area contributed by atoms with E-state index in [1.165, 1.54) is 0 Å². The van der Waals surface area contributed by atoms with Crippen LogP contribution in [0.1, 0.15) is 11.6 Å². The quantitative estimate of drug-likeness (QED) is 0.845. The molecule has 4 nitrogen and oxygen atoms in total. The molecule has 2 rings (SSSR count). The number of halogens is 1. The van der Waals surface area contributed by atoms with Gasteiger partial charge in [0.15, 0.2) is 0 Å². The number of fused-ring (bicyclic) bond motifs is 1. The Labute approximate surface area is 89.5 Å². The third-order valence-electron chi connectivity index (χ3n) is 2.14. The molecule has 0 saturated heterocycles. The predicted molar refractivity (Wildman–Crippen MR) is 56.9 cm³/mol. The highest BCUT2D eigenvalue weighted by molar-refractivity contribution is 9.10. The second-order valence-corrected chi connectivity index (χ2v) is 3.79. The molecule has 0 radical (unpaired) electrons. The Balaban J connectivity index is 2.69. The minimum atomic E-state index is -0.369. The van der Waals surface area contributed by atoms with Crippen LogP contribution in [0.4, 0.5) is 0 Å². The minimum absolute atomic E-state index is 0.0721. The topological polar surface area (TPSA) is 63.5 Å². The second-order valence-electron chi connectivity index (χ2n) is 3.04. The van der Waals surface area contributed by atoms with Crippen LogP contribution in [0.2, 0.25) is 0 Å². The third-order valence-corrected chi connectivity index (χ3v) is 2.72. The molecule has 1 unspecified atom stereocenters. The van der Waals surface area contributed by atoms with Gasteiger partial charge in [0.25, 0.3) is 0 Å². The van der Waals surface area contributed by atoms with E-state index in [-0.39, 0.29) is 12.6 Å². The molecule has 0 aliphatic rings. The number of aliphatic hydroxyl groups is 1. The van der Waals surface area contributed by atoms with Crippen LogP contribution >= 0.6 is 15.9 Å². The van der Waals surface area contributed by atoms with Crippen LogP contribution in [0.5, 0.6) is 0 Å². The fourth-order valence-electron chi connectivity index (χ4n) is 1.44. The van der Waals surface area contributed by atoms with E-state index in [9.17, 15) is 0 Å². The van der Waals surface area contributed by atoms with Crippen LogP contribution in [0.25, 0.3) is 5.52 Å². The van der Waals surface area contributed by atoms with Crippen molar-refractivity contribution in [1.82, 2.24) is 9.38 Å². The smallest absolute Gasteiger partial charge is 0.132 e. The number of hydrogen-bond acceptors (Lipinski definition) is 3. The van der Waals surface area contributed by atoms with E-state index in [0.29, 0.717) is 0 Å². The fraction of sp³-hybridized carbons (Fsp3) is 0.222. The summed E-state index contributed by atoms with van der Waals surface area (Å²) in [6.45, 7) is -0.0721. The Morgan fingerprint density at radius 3 is 3.14 bits per heavy atom. The maximum Gasteiger partial charge on any atom is 0.132 e. The van der Waals surface area contributed by atoms with E-state index < -0.39 is 0 Å². The maximum absolute atomic E-state index is 9.01. The minimum Gasteiger partial charge on any atom is -0.394 e. The van der Waals surface area contributed by atoms with Gasteiger partial charge in [-0.3, -0.25) is 0 Å². The summed E-state index contributed by atoms with van der Waals surface area (Å²) >= 11 is 3.35. The summed E-state index contributed by atoms with van der Waals surface area (Å²) < 4.78 is 2.62. The lowest BCUT2D eigenvalue weighted by Crippen LogP contribution is -2.15. The van der Waals surface area contributed by atoms with Gasteiger partial charge in [0.2, 0.25) is 0 Å². The molecule has 0 amide bonds. The first-order valence-electron chi connectivity index (χ1n) is 4.21. The van der Waals surface area contributed by atoms with Crippen molar-refractivity contribution in [2.24, 2.45) is 5.73 Å². The number of nitrogens with two attached hydrogens (primary N) is 1. The first kappa shape index (κ1) is 9.64.